The van der Waals surface area contributed by atoms with E-state index in [1.165, 1.54) is 74.5 Å². The molecule has 80 heavy (non-hydrogen) atoms. The lowest BCUT2D eigenvalue weighted by Crippen LogP contribution is -2.26. The average Bonchev–Trinajstić information content (AvgIpc) is 3.82. The molecule has 0 aromatic heterocycles. The van der Waals surface area contributed by atoms with Crippen molar-refractivity contribution in [3.05, 3.63) is 200 Å². The van der Waals surface area contributed by atoms with E-state index < -0.39 is 90.9 Å². The Morgan fingerprint density at radius 2 is 1.19 bits per heavy atom. The summed E-state index contributed by atoms with van der Waals surface area (Å²) in [7, 11) is -5.60. The molecule has 0 radical (unpaired) electrons. The van der Waals surface area contributed by atoms with Gasteiger partial charge in [-0.1, -0.05) is 92.2 Å². The fourth-order valence-corrected chi connectivity index (χ4v) is 11.0. The van der Waals surface area contributed by atoms with Crippen molar-refractivity contribution in [1.82, 2.24) is 0 Å². The molecule has 0 spiro atoms. The topological polar surface area (TPSA) is 248 Å². The quantitative estimate of drug-likeness (QED) is 0.0329. The molecule has 8 rings (SSSR count). The third kappa shape index (κ3) is 12.0. The highest BCUT2D eigenvalue weighted by Crippen LogP contribution is 2.47. The molecule has 406 valence electrons. The molecule has 6 aromatic carbocycles. The van der Waals surface area contributed by atoms with Crippen molar-refractivity contribution in [3.63, 3.8) is 0 Å². The first-order valence-electron chi connectivity index (χ1n) is 24.4. The maximum Gasteiger partial charge on any atom is 0.339 e. The predicted octanol–water partition coefficient (Wildman–Crippen LogP) is 8.09. The Hall–Kier alpha value is -9.41. The zero-order valence-corrected chi connectivity index (χ0v) is 46.1. The van der Waals surface area contributed by atoms with Crippen LogP contribution in [0.15, 0.2) is 149 Å². The standard InChI is InChI=1S/C30H20N4O12S2.C30H33N2/c1-33-23(17-31)21-15-26(44-12-14-46-30(36)20-8-4-6-10-28(20)48(40,41)42)22(24(18-32)34-2)16-25(21)43-11-13-45-29(35)19-7-3-5-9-27(19)47(37,38)39;1-20-15-18-25-24(19-20)30(4,5)26(31(25)6)13-10-14-27-29(2,3)23-17-16-21-11-8-9-12-22(21)28(23)32(27)7/h3-10,15-16H,11-14H2,(H,37,38,39)(H,40,41,42);8-19H,1-7H3/q;+1/p-2/b23-21-,24-22+;. The normalized spacial score (nSPS) is 15.3. The number of hydrogen-bond acceptors (Lipinski definition) is 15. The minimum absolute atomic E-state index is 0.0125. The number of rotatable bonds is 14. The summed E-state index contributed by atoms with van der Waals surface area (Å²) in [5.74, 6) is -2.75. The van der Waals surface area contributed by atoms with E-state index in [1.54, 1.807) is 12.1 Å². The van der Waals surface area contributed by atoms with Gasteiger partial charge in [-0.15, -0.1) is 0 Å². The van der Waals surface area contributed by atoms with Crippen LogP contribution in [0.5, 0.6) is 11.5 Å². The Morgan fingerprint density at radius 1 is 0.688 bits per heavy atom. The monoisotopic (exact) mass is 1110 g/mol. The first-order chi connectivity index (χ1) is 37.9. The van der Waals surface area contributed by atoms with Gasteiger partial charge in [-0.25, -0.2) is 46.6 Å². The molecule has 0 N–H and O–H groups in total. The number of nitrogens with zero attached hydrogens (tertiary/aromatic N) is 6. The molecular weight excluding hydrogens is 1060 g/mol. The third-order valence-electron chi connectivity index (χ3n) is 13.5. The minimum Gasteiger partial charge on any atom is -0.744 e. The van der Waals surface area contributed by atoms with Crippen LogP contribution in [0.3, 0.4) is 0 Å². The molecule has 0 unspecified atom stereocenters. The van der Waals surface area contributed by atoms with Crippen LogP contribution in [0.4, 0.5) is 11.4 Å². The summed E-state index contributed by atoms with van der Waals surface area (Å²) in [5, 5.41) is 21.3. The minimum atomic E-state index is -4.99. The summed E-state index contributed by atoms with van der Waals surface area (Å²) in [6, 6.07) is 34.7. The second-order valence-electron chi connectivity index (χ2n) is 19.2. The van der Waals surface area contributed by atoms with Crippen LogP contribution in [0.25, 0.3) is 31.9 Å². The summed E-state index contributed by atoms with van der Waals surface area (Å²) >= 11 is 0. The summed E-state index contributed by atoms with van der Waals surface area (Å²) in [5.41, 5.74) is 7.31. The zero-order valence-electron chi connectivity index (χ0n) is 44.4. The molecule has 0 saturated carbocycles. The molecule has 2 aliphatic heterocycles. The van der Waals surface area contributed by atoms with E-state index >= 15 is 0 Å². The van der Waals surface area contributed by atoms with Crippen LogP contribution in [0.2, 0.25) is 0 Å². The third-order valence-corrected chi connectivity index (χ3v) is 15.3. The largest absolute Gasteiger partial charge is 0.744 e. The van der Waals surface area contributed by atoms with Crippen LogP contribution in [-0.2, 0) is 40.5 Å². The highest BCUT2D eigenvalue weighted by molar-refractivity contribution is 7.86. The summed E-state index contributed by atoms with van der Waals surface area (Å²) in [6.45, 7) is 24.3. The van der Waals surface area contributed by atoms with Gasteiger partial charge in [0.25, 0.3) is 11.4 Å². The predicted molar refractivity (Wildman–Crippen MR) is 295 cm³/mol. The molecule has 0 aliphatic carbocycles. The van der Waals surface area contributed by atoms with Crippen molar-refractivity contribution >= 4 is 71.4 Å². The number of nitriles is 2. The molecule has 2 aliphatic rings. The van der Waals surface area contributed by atoms with Gasteiger partial charge < -0.3 is 33.0 Å². The summed E-state index contributed by atoms with van der Waals surface area (Å²) < 4.78 is 92.3. The van der Waals surface area contributed by atoms with E-state index in [2.05, 4.69) is 141 Å². The zero-order chi connectivity index (χ0) is 58.3. The molecule has 2 heterocycles. The van der Waals surface area contributed by atoms with Gasteiger partial charge in [-0.2, -0.15) is 4.58 Å². The van der Waals surface area contributed by atoms with Gasteiger partial charge in [0, 0.05) is 45.9 Å². The maximum absolute atomic E-state index is 12.4. The lowest BCUT2D eigenvalue weighted by molar-refractivity contribution is -0.399. The van der Waals surface area contributed by atoms with Crippen LogP contribution in [-0.4, -0.2) is 88.7 Å². The van der Waals surface area contributed by atoms with Gasteiger partial charge in [0.05, 0.1) is 57.0 Å². The fraction of sp³-hybridized carbons (Fsp3) is 0.217. The van der Waals surface area contributed by atoms with Crippen LogP contribution >= 0.6 is 0 Å². The molecule has 6 aromatic rings. The molecule has 0 bridgehead atoms. The highest BCUT2D eigenvalue weighted by atomic mass is 32.2. The van der Waals surface area contributed by atoms with E-state index in [1.807, 2.05) is 0 Å². The maximum atomic E-state index is 12.4. The van der Waals surface area contributed by atoms with Crippen molar-refractivity contribution in [3.8, 4) is 23.6 Å². The first kappa shape index (κ1) is 58.3. The SMILES string of the molecule is Cc1ccc2c(c1)C(C)(C)C(=CC=CC1=[N+](C)c3c(ccc4ccccc34)C1(C)C)N2C.[C-]#[N+]/C(C#N)=c1/cc(OCCOC(=O)c2ccccc2S(=O)(=O)[O-])/c(=C(\C#N)[N+]#[C-])cc1OCCOC(=O)c1ccccc1S(=O)(=O)[O-]. The molecule has 20 heteroatoms. The second kappa shape index (κ2) is 23.7. The Bertz CT molecular complexity index is 3980. The van der Waals surface area contributed by atoms with E-state index in [0.717, 1.165) is 36.4 Å². The molecule has 0 amide bonds. The smallest absolute Gasteiger partial charge is 0.339 e. The fourth-order valence-electron chi connectivity index (χ4n) is 9.69. The molecular formula is C60H51N6O12S2-. The van der Waals surface area contributed by atoms with Crippen molar-refractivity contribution in [2.75, 3.05) is 45.4 Å². The number of benzene rings is 6. The Balaban J connectivity index is 0.000000249. The lowest BCUT2D eigenvalue weighted by Gasteiger charge is -2.23. The number of hydrogen-bond donors (Lipinski definition) is 0. The van der Waals surface area contributed by atoms with Crippen LogP contribution in [0.1, 0.15) is 65.1 Å². The van der Waals surface area contributed by atoms with Crippen molar-refractivity contribution in [2.24, 2.45) is 0 Å². The average molecular weight is 1110 g/mol. The number of carbonyl (C=O) groups is 2. The number of likely N-dealkylation sites (N-methyl/N-ethyl adjacent to an activating group) is 1. The number of anilines is 1. The molecule has 0 fully saturated rings. The van der Waals surface area contributed by atoms with Crippen LogP contribution in [0, 0.1) is 42.7 Å². The Kier molecular flexibility index (Phi) is 17.2. The number of fused-ring (bicyclic) bond motifs is 4. The Morgan fingerprint density at radius 3 is 1.69 bits per heavy atom. The van der Waals surface area contributed by atoms with Crippen molar-refractivity contribution in [2.45, 2.75) is 55.2 Å². The molecule has 18 nitrogen and oxygen atoms in total. The number of esters is 2. The van der Waals surface area contributed by atoms with Gasteiger partial charge in [-0.05, 0) is 86.3 Å². The first-order valence-corrected chi connectivity index (χ1v) is 27.3. The molecule has 0 atom stereocenters. The van der Waals surface area contributed by atoms with E-state index in [9.17, 15) is 46.1 Å². The van der Waals surface area contributed by atoms with Crippen molar-refractivity contribution < 1.29 is 59.1 Å². The molecule has 0 saturated heterocycles. The van der Waals surface area contributed by atoms with E-state index in [0.29, 0.717) is 0 Å². The summed E-state index contributed by atoms with van der Waals surface area (Å²) in [6.07, 6.45) is 6.85. The highest BCUT2D eigenvalue weighted by Gasteiger charge is 2.44. The van der Waals surface area contributed by atoms with Gasteiger partial charge in [-0.3, -0.25) is 0 Å². The van der Waals surface area contributed by atoms with Gasteiger partial charge in [0.2, 0.25) is 5.69 Å². The Labute approximate surface area is 463 Å². The van der Waals surface area contributed by atoms with E-state index in [4.69, 9.17) is 32.1 Å². The summed E-state index contributed by atoms with van der Waals surface area (Å²) in [4.78, 5) is 31.9. The number of carbonyl (C=O) groups excluding carboxylic acids is 2. The second-order valence-corrected chi connectivity index (χ2v) is 21.9. The van der Waals surface area contributed by atoms with Crippen LogP contribution < -0.4 is 24.8 Å². The van der Waals surface area contributed by atoms with Gasteiger partial charge in [0.1, 0.15) is 65.2 Å². The van der Waals surface area contributed by atoms with Crippen molar-refractivity contribution in [1.29, 1.82) is 10.5 Å². The number of aryl methyl sites for hydroxylation is 1. The van der Waals surface area contributed by atoms with Gasteiger partial charge in [0.15, 0.2) is 5.71 Å². The lowest BCUT2D eigenvalue weighted by atomic mass is 9.80. The number of allylic oxidation sites excluding steroid dienone is 4. The number of ether oxygens (including phenoxy) is 4. The van der Waals surface area contributed by atoms with E-state index in [-0.39, 0.29) is 32.8 Å². The van der Waals surface area contributed by atoms with Gasteiger partial charge >= 0.3 is 11.9 Å².